The van der Waals surface area contributed by atoms with Crippen LogP contribution in [0.2, 0.25) is 0 Å². The van der Waals surface area contributed by atoms with Gasteiger partial charge in [0.25, 0.3) is 11.8 Å². The number of halogens is 1. The number of likely N-dealkylation sites (tertiary alicyclic amines) is 1. The molecule has 1 N–H and O–H groups in total. The molecule has 150 valence electrons. The number of carbonyl (C=O) groups is 1. The Morgan fingerprint density at radius 1 is 1.24 bits per heavy atom. The number of H-pyrrole nitrogens is 1. The Kier molecular flexibility index (Phi) is 4.37. The largest absolute Gasteiger partial charge is 0.336 e. The number of aromatic amines is 1. The fourth-order valence-electron chi connectivity index (χ4n) is 4.14. The summed E-state index contributed by atoms with van der Waals surface area (Å²) in [5, 5.41) is 10.7. The molecule has 8 nitrogen and oxygen atoms in total. The molecule has 2 aliphatic rings. The van der Waals surface area contributed by atoms with Crippen LogP contribution in [0.4, 0.5) is 4.39 Å². The highest BCUT2D eigenvalue weighted by molar-refractivity contribution is 5.90. The first kappa shape index (κ1) is 18.0. The maximum Gasteiger partial charge on any atom is 0.291 e. The van der Waals surface area contributed by atoms with Crippen molar-refractivity contribution in [2.45, 2.75) is 37.5 Å². The number of carbonyl (C=O) groups excluding carboxylic acids is 1. The third-order valence-corrected chi connectivity index (χ3v) is 5.99. The minimum Gasteiger partial charge on any atom is -0.336 e. The Bertz CT molecular complexity index is 988. The molecular formula is C20H21FN6O2. The summed E-state index contributed by atoms with van der Waals surface area (Å²) in [6, 6.07) is 6.04. The quantitative estimate of drug-likeness (QED) is 0.712. The van der Waals surface area contributed by atoms with Gasteiger partial charge < -0.3 is 9.42 Å². The molecule has 0 spiro atoms. The van der Waals surface area contributed by atoms with Gasteiger partial charge in [0.05, 0.1) is 0 Å². The molecule has 2 aromatic heterocycles. The van der Waals surface area contributed by atoms with Crippen LogP contribution < -0.4 is 0 Å². The predicted molar refractivity (Wildman–Crippen MR) is 100 cm³/mol. The van der Waals surface area contributed by atoms with Crippen molar-refractivity contribution in [2.75, 3.05) is 13.1 Å². The van der Waals surface area contributed by atoms with E-state index in [9.17, 15) is 9.18 Å². The highest BCUT2D eigenvalue weighted by atomic mass is 19.1. The fraction of sp³-hybridized carbons (Fsp3) is 0.450. The number of hydrogen-bond acceptors (Lipinski definition) is 6. The van der Waals surface area contributed by atoms with E-state index in [1.54, 1.807) is 17.0 Å². The van der Waals surface area contributed by atoms with Gasteiger partial charge in [0.1, 0.15) is 12.1 Å². The van der Waals surface area contributed by atoms with Crippen LogP contribution >= 0.6 is 0 Å². The zero-order valence-electron chi connectivity index (χ0n) is 15.8. The summed E-state index contributed by atoms with van der Waals surface area (Å²) in [7, 11) is 0. The first-order valence-corrected chi connectivity index (χ1v) is 9.88. The lowest BCUT2D eigenvalue weighted by atomic mass is 9.73. The molecule has 5 rings (SSSR count). The average molecular weight is 396 g/mol. The van der Waals surface area contributed by atoms with Gasteiger partial charge in [-0.1, -0.05) is 18.0 Å². The molecule has 0 atom stereocenters. The van der Waals surface area contributed by atoms with Gasteiger partial charge >= 0.3 is 0 Å². The van der Waals surface area contributed by atoms with E-state index in [1.807, 2.05) is 0 Å². The molecule has 9 heteroatoms. The summed E-state index contributed by atoms with van der Waals surface area (Å²) < 4.78 is 18.7. The van der Waals surface area contributed by atoms with Crippen LogP contribution in [0.5, 0.6) is 0 Å². The Labute approximate surface area is 166 Å². The Balaban J connectivity index is 1.37. The lowest BCUT2D eigenvalue weighted by molar-refractivity contribution is 0.0634. The van der Waals surface area contributed by atoms with E-state index in [-0.39, 0.29) is 23.0 Å². The first-order chi connectivity index (χ1) is 14.1. The molecule has 29 heavy (non-hydrogen) atoms. The van der Waals surface area contributed by atoms with E-state index in [2.05, 4.69) is 25.3 Å². The number of nitrogens with zero attached hydrogens (tertiary/aromatic N) is 5. The van der Waals surface area contributed by atoms with Gasteiger partial charge in [0, 0.05) is 24.1 Å². The Hall–Kier alpha value is -3.10. The molecule has 2 fully saturated rings. The smallest absolute Gasteiger partial charge is 0.291 e. The number of piperidine rings is 1. The molecule has 1 saturated carbocycles. The molecule has 0 radical (unpaired) electrons. The molecule has 1 saturated heterocycles. The maximum atomic E-state index is 13.2. The van der Waals surface area contributed by atoms with E-state index in [0.717, 1.165) is 19.3 Å². The van der Waals surface area contributed by atoms with Crippen LogP contribution in [0.3, 0.4) is 0 Å². The van der Waals surface area contributed by atoms with Crippen molar-refractivity contribution >= 4 is 5.91 Å². The van der Waals surface area contributed by atoms with Crippen molar-refractivity contribution in [1.29, 1.82) is 0 Å². The second-order valence-corrected chi connectivity index (χ2v) is 7.98. The van der Waals surface area contributed by atoms with Crippen molar-refractivity contribution in [3.8, 4) is 11.5 Å². The molecule has 3 heterocycles. The zero-order valence-corrected chi connectivity index (χ0v) is 15.8. The summed E-state index contributed by atoms with van der Waals surface area (Å²) in [5.74, 6) is 1.59. The summed E-state index contributed by atoms with van der Waals surface area (Å²) in [6.07, 6.45) is 6.33. The van der Waals surface area contributed by atoms with Crippen molar-refractivity contribution in [2.24, 2.45) is 5.92 Å². The molecule has 0 bridgehead atoms. The molecular weight excluding hydrogens is 375 g/mol. The number of aromatic nitrogens is 5. The van der Waals surface area contributed by atoms with E-state index >= 15 is 0 Å². The number of rotatable bonds is 5. The van der Waals surface area contributed by atoms with Crippen LogP contribution in [0.1, 0.15) is 48.5 Å². The molecule has 3 aromatic rings. The first-order valence-electron chi connectivity index (χ1n) is 9.88. The fourth-order valence-corrected chi connectivity index (χ4v) is 4.14. The standard InChI is InChI=1S/C20H21FN6O2/c21-15-5-3-14(4-6-15)17-24-19(26-29-17)20(11-13-1-2-13)7-9-27(10-8-20)18(28)16-22-12-23-25-16/h3-6,12-13H,1-2,7-11H2,(H,22,23,25). The number of amides is 1. The van der Waals surface area contributed by atoms with Crippen LogP contribution in [0, 0.1) is 11.7 Å². The summed E-state index contributed by atoms with van der Waals surface area (Å²) >= 11 is 0. The van der Waals surface area contributed by atoms with Crippen LogP contribution in [-0.2, 0) is 5.41 Å². The van der Waals surface area contributed by atoms with E-state index in [4.69, 9.17) is 4.52 Å². The van der Waals surface area contributed by atoms with Crippen LogP contribution in [0.25, 0.3) is 11.5 Å². The highest BCUT2D eigenvalue weighted by Crippen LogP contribution is 2.46. The summed E-state index contributed by atoms with van der Waals surface area (Å²) in [6.45, 7) is 1.21. The highest BCUT2D eigenvalue weighted by Gasteiger charge is 2.45. The second-order valence-electron chi connectivity index (χ2n) is 7.98. The third kappa shape index (κ3) is 3.52. The Morgan fingerprint density at radius 2 is 2.00 bits per heavy atom. The van der Waals surface area contributed by atoms with Gasteiger partial charge in [-0.2, -0.15) is 10.1 Å². The lowest BCUT2D eigenvalue weighted by Crippen LogP contribution is -2.46. The normalized spacial score (nSPS) is 18.7. The van der Waals surface area contributed by atoms with Gasteiger partial charge in [0.15, 0.2) is 5.82 Å². The number of benzene rings is 1. The number of nitrogens with one attached hydrogen (secondary N) is 1. The minimum atomic E-state index is -0.303. The predicted octanol–water partition coefficient (Wildman–Crippen LogP) is 2.97. The van der Waals surface area contributed by atoms with Crippen molar-refractivity contribution in [1.82, 2.24) is 30.2 Å². The SMILES string of the molecule is O=C(c1ncn[nH]1)N1CCC(CC2CC2)(c2noc(-c3ccc(F)cc3)n2)CC1. The van der Waals surface area contributed by atoms with Crippen molar-refractivity contribution in [3.63, 3.8) is 0 Å². The van der Waals surface area contributed by atoms with Crippen LogP contribution in [-0.4, -0.2) is 49.2 Å². The van der Waals surface area contributed by atoms with Crippen LogP contribution in [0.15, 0.2) is 35.1 Å². The van der Waals surface area contributed by atoms with Gasteiger partial charge in [-0.05, 0) is 49.4 Å². The molecule has 1 aliphatic heterocycles. The molecule has 1 aliphatic carbocycles. The average Bonchev–Trinajstić information content (AvgIpc) is 3.21. The van der Waals surface area contributed by atoms with Gasteiger partial charge in [0.2, 0.25) is 5.82 Å². The van der Waals surface area contributed by atoms with Crippen molar-refractivity contribution in [3.05, 3.63) is 48.1 Å². The second kappa shape index (κ2) is 7.06. The summed E-state index contributed by atoms with van der Waals surface area (Å²) in [5.41, 5.74) is 0.492. The van der Waals surface area contributed by atoms with Crippen molar-refractivity contribution < 1.29 is 13.7 Å². The van der Waals surface area contributed by atoms with E-state index in [1.165, 1.54) is 31.3 Å². The molecule has 0 unspecified atom stereocenters. The van der Waals surface area contributed by atoms with Gasteiger partial charge in [-0.25, -0.2) is 9.37 Å². The lowest BCUT2D eigenvalue weighted by Gasteiger charge is -2.39. The Morgan fingerprint density at radius 3 is 2.66 bits per heavy atom. The number of hydrogen-bond donors (Lipinski definition) is 1. The minimum absolute atomic E-state index is 0.136. The van der Waals surface area contributed by atoms with Gasteiger partial charge in [-0.15, -0.1) is 0 Å². The monoisotopic (exact) mass is 396 g/mol. The maximum absolute atomic E-state index is 13.2. The zero-order chi connectivity index (χ0) is 19.8. The molecule has 1 aromatic carbocycles. The summed E-state index contributed by atoms with van der Waals surface area (Å²) in [4.78, 5) is 23.0. The molecule has 1 amide bonds. The topological polar surface area (TPSA) is 101 Å². The third-order valence-electron chi connectivity index (χ3n) is 5.99. The van der Waals surface area contributed by atoms with Gasteiger partial charge in [-0.3, -0.25) is 9.89 Å². The van der Waals surface area contributed by atoms with E-state index < -0.39 is 0 Å². The van der Waals surface area contributed by atoms with E-state index in [0.29, 0.717) is 36.3 Å².